The van der Waals surface area contributed by atoms with Crippen LogP contribution in [0.4, 0.5) is 0 Å². The van der Waals surface area contributed by atoms with Crippen molar-refractivity contribution in [2.75, 3.05) is 0 Å². The second-order valence-corrected chi connectivity index (χ2v) is 7.50. The molecular weight excluding hydrogens is 300 g/mol. The van der Waals surface area contributed by atoms with E-state index in [0.717, 1.165) is 4.88 Å². The Morgan fingerprint density at radius 1 is 1.14 bits per heavy atom. The Balaban J connectivity index is 1.73. The van der Waals surface area contributed by atoms with Crippen LogP contribution >= 0.6 is 22.7 Å². The zero-order valence-corrected chi connectivity index (χ0v) is 13.5. The van der Waals surface area contributed by atoms with Gasteiger partial charge in [0.05, 0.1) is 6.04 Å². The molecule has 3 nitrogen and oxygen atoms in total. The number of amides is 1. The lowest BCUT2D eigenvalue weighted by Gasteiger charge is -2.25. The van der Waals surface area contributed by atoms with Crippen LogP contribution in [-0.2, 0) is 4.79 Å². The molecule has 0 spiro atoms. The first-order valence-electron chi connectivity index (χ1n) is 7.38. The number of rotatable bonds is 5. The Bertz CT molecular complexity index is 559. The first-order chi connectivity index (χ1) is 10.3. The fraction of sp³-hybridized carbons (Fsp3) is 0.438. The minimum atomic E-state index is -0.561. The standard InChI is InChI=1S/C16H20N2OS2/c17-14(12-7-3-9-20-12)16(19)18-15(11-5-1-2-6-11)13-8-4-10-21-13/h3-4,7-11,14-15H,1-2,5-6,17H2,(H,18,19). The Labute approximate surface area is 133 Å². The molecule has 0 saturated heterocycles. The van der Waals surface area contributed by atoms with Gasteiger partial charge in [-0.25, -0.2) is 0 Å². The Morgan fingerprint density at radius 3 is 2.33 bits per heavy atom. The fourth-order valence-electron chi connectivity index (χ4n) is 3.02. The van der Waals surface area contributed by atoms with Gasteiger partial charge in [-0.3, -0.25) is 4.79 Å². The quantitative estimate of drug-likeness (QED) is 0.879. The van der Waals surface area contributed by atoms with E-state index in [0.29, 0.717) is 5.92 Å². The molecule has 2 unspecified atom stereocenters. The molecule has 1 aliphatic carbocycles. The molecular formula is C16H20N2OS2. The number of carbonyl (C=O) groups excluding carboxylic acids is 1. The molecule has 2 heterocycles. The van der Waals surface area contributed by atoms with Gasteiger partial charge >= 0.3 is 0 Å². The Morgan fingerprint density at radius 2 is 1.76 bits per heavy atom. The van der Waals surface area contributed by atoms with E-state index in [2.05, 4.69) is 16.8 Å². The lowest BCUT2D eigenvalue weighted by Crippen LogP contribution is -2.38. The predicted octanol–water partition coefficient (Wildman–Crippen LogP) is 3.86. The minimum absolute atomic E-state index is 0.0669. The third kappa shape index (κ3) is 3.36. The summed E-state index contributed by atoms with van der Waals surface area (Å²) < 4.78 is 0. The van der Waals surface area contributed by atoms with Crippen LogP contribution in [0.25, 0.3) is 0 Å². The van der Waals surface area contributed by atoms with Gasteiger partial charge in [-0.15, -0.1) is 22.7 Å². The molecule has 2 atom stereocenters. The van der Waals surface area contributed by atoms with E-state index < -0.39 is 6.04 Å². The number of nitrogens with two attached hydrogens (primary N) is 1. The third-order valence-corrected chi connectivity index (χ3v) is 6.06. The van der Waals surface area contributed by atoms with Crippen molar-refractivity contribution in [3.8, 4) is 0 Å². The molecule has 1 saturated carbocycles. The van der Waals surface area contributed by atoms with Crippen LogP contribution in [-0.4, -0.2) is 5.91 Å². The van der Waals surface area contributed by atoms with Gasteiger partial charge in [0.1, 0.15) is 6.04 Å². The van der Waals surface area contributed by atoms with Gasteiger partial charge in [0.25, 0.3) is 0 Å². The first kappa shape index (κ1) is 14.8. The van der Waals surface area contributed by atoms with Crippen LogP contribution in [0.15, 0.2) is 35.0 Å². The van der Waals surface area contributed by atoms with Crippen molar-refractivity contribution in [3.05, 3.63) is 44.8 Å². The maximum Gasteiger partial charge on any atom is 0.242 e. The highest BCUT2D eigenvalue weighted by Gasteiger charge is 2.30. The summed E-state index contributed by atoms with van der Waals surface area (Å²) in [6, 6.07) is 7.57. The van der Waals surface area contributed by atoms with E-state index in [1.807, 2.05) is 23.6 Å². The van der Waals surface area contributed by atoms with E-state index in [-0.39, 0.29) is 11.9 Å². The van der Waals surface area contributed by atoms with Gasteiger partial charge in [0.2, 0.25) is 5.91 Å². The molecule has 3 rings (SSSR count). The van der Waals surface area contributed by atoms with Crippen LogP contribution in [0.2, 0.25) is 0 Å². The number of hydrogen-bond acceptors (Lipinski definition) is 4. The highest BCUT2D eigenvalue weighted by molar-refractivity contribution is 7.10. The minimum Gasteiger partial charge on any atom is -0.347 e. The first-order valence-corrected chi connectivity index (χ1v) is 9.14. The molecule has 2 aromatic rings. The van der Waals surface area contributed by atoms with Gasteiger partial charge in [-0.1, -0.05) is 25.0 Å². The second-order valence-electron chi connectivity index (χ2n) is 5.54. The van der Waals surface area contributed by atoms with Gasteiger partial charge in [0, 0.05) is 9.75 Å². The molecule has 0 aliphatic heterocycles. The molecule has 112 valence electrons. The Hall–Kier alpha value is -1.17. The maximum absolute atomic E-state index is 12.5. The van der Waals surface area contributed by atoms with Crippen LogP contribution in [0.3, 0.4) is 0 Å². The summed E-state index contributed by atoms with van der Waals surface area (Å²) in [6.45, 7) is 0. The van der Waals surface area contributed by atoms with Gasteiger partial charge in [-0.2, -0.15) is 0 Å². The van der Waals surface area contributed by atoms with Crippen molar-refractivity contribution < 1.29 is 4.79 Å². The van der Waals surface area contributed by atoms with Gasteiger partial charge < -0.3 is 11.1 Å². The van der Waals surface area contributed by atoms with E-state index in [4.69, 9.17) is 5.73 Å². The molecule has 0 aromatic carbocycles. The van der Waals surface area contributed by atoms with Crippen molar-refractivity contribution >= 4 is 28.6 Å². The van der Waals surface area contributed by atoms with Crippen molar-refractivity contribution in [1.29, 1.82) is 0 Å². The summed E-state index contributed by atoms with van der Waals surface area (Å²) in [7, 11) is 0. The molecule has 1 fully saturated rings. The smallest absolute Gasteiger partial charge is 0.242 e. The summed E-state index contributed by atoms with van der Waals surface area (Å²) in [6.07, 6.45) is 4.91. The van der Waals surface area contributed by atoms with Crippen molar-refractivity contribution in [2.45, 2.75) is 37.8 Å². The number of nitrogens with one attached hydrogen (secondary N) is 1. The topological polar surface area (TPSA) is 55.1 Å². The fourth-order valence-corrected chi connectivity index (χ4v) is 4.62. The molecule has 0 bridgehead atoms. The van der Waals surface area contributed by atoms with Gasteiger partial charge in [-0.05, 0) is 41.7 Å². The van der Waals surface area contributed by atoms with Crippen LogP contribution < -0.4 is 11.1 Å². The van der Waals surface area contributed by atoms with E-state index in [9.17, 15) is 4.79 Å². The highest BCUT2D eigenvalue weighted by Crippen LogP contribution is 2.37. The predicted molar refractivity (Wildman–Crippen MR) is 88.4 cm³/mol. The largest absolute Gasteiger partial charge is 0.347 e. The monoisotopic (exact) mass is 320 g/mol. The van der Waals surface area contributed by atoms with E-state index in [1.54, 1.807) is 11.3 Å². The molecule has 3 N–H and O–H groups in total. The third-order valence-electron chi connectivity index (χ3n) is 4.15. The van der Waals surface area contributed by atoms with E-state index in [1.165, 1.54) is 41.9 Å². The molecule has 1 aliphatic rings. The lowest BCUT2D eigenvalue weighted by atomic mass is 9.96. The lowest BCUT2D eigenvalue weighted by molar-refractivity contribution is -0.123. The summed E-state index contributed by atoms with van der Waals surface area (Å²) >= 11 is 3.25. The number of carbonyl (C=O) groups is 1. The van der Waals surface area contributed by atoms with Gasteiger partial charge in [0.15, 0.2) is 0 Å². The average Bonchev–Trinajstić information content (AvgIpc) is 3.27. The molecule has 1 amide bonds. The normalized spacial score (nSPS) is 18.5. The summed E-state index contributed by atoms with van der Waals surface area (Å²) in [5.74, 6) is 0.478. The second kappa shape index (κ2) is 6.73. The van der Waals surface area contributed by atoms with Crippen LogP contribution in [0, 0.1) is 5.92 Å². The van der Waals surface area contributed by atoms with Crippen LogP contribution in [0.5, 0.6) is 0 Å². The molecule has 2 aromatic heterocycles. The number of hydrogen-bond donors (Lipinski definition) is 2. The van der Waals surface area contributed by atoms with Crippen molar-refractivity contribution in [2.24, 2.45) is 11.7 Å². The average molecular weight is 320 g/mol. The van der Waals surface area contributed by atoms with E-state index >= 15 is 0 Å². The maximum atomic E-state index is 12.5. The van der Waals surface area contributed by atoms with Crippen molar-refractivity contribution in [3.63, 3.8) is 0 Å². The number of thiophene rings is 2. The summed E-state index contributed by atoms with van der Waals surface area (Å²) in [4.78, 5) is 14.6. The van der Waals surface area contributed by atoms with Crippen molar-refractivity contribution in [1.82, 2.24) is 5.32 Å². The molecule has 0 radical (unpaired) electrons. The van der Waals surface area contributed by atoms with Crippen LogP contribution in [0.1, 0.15) is 47.5 Å². The summed E-state index contributed by atoms with van der Waals surface area (Å²) in [5, 5.41) is 7.23. The zero-order chi connectivity index (χ0) is 14.7. The SMILES string of the molecule is NC(C(=O)NC(c1cccs1)C1CCCC1)c1cccs1. The summed E-state index contributed by atoms with van der Waals surface area (Å²) in [5.41, 5.74) is 6.09. The Kier molecular flexibility index (Phi) is 4.73. The molecule has 5 heteroatoms. The highest BCUT2D eigenvalue weighted by atomic mass is 32.1. The zero-order valence-electron chi connectivity index (χ0n) is 11.8. The molecule has 21 heavy (non-hydrogen) atoms.